The van der Waals surface area contributed by atoms with E-state index in [-0.39, 0.29) is 6.03 Å². The molecule has 0 aromatic heterocycles. The van der Waals surface area contributed by atoms with E-state index >= 15 is 0 Å². The van der Waals surface area contributed by atoms with Crippen molar-refractivity contribution in [3.63, 3.8) is 0 Å². The lowest BCUT2D eigenvalue weighted by Crippen LogP contribution is -2.30. The van der Waals surface area contributed by atoms with Crippen LogP contribution in [-0.4, -0.2) is 29.7 Å². The summed E-state index contributed by atoms with van der Waals surface area (Å²) in [7, 11) is 1.70. The molecule has 50 valence electrons. The summed E-state index contributed by atoms with van der Waals surface area (Å²) < 4.78 is 0. The van der Waals surface area contributed by atoms with E-state index in [2.05, 4.69) is 4.99 Å². The maximum atomic E-state index is 10.7. The van der Waals surface area contributed by atoms with E-state index in [1.165, 1.54) is 4.90 Å². The van der Waals surface area contributed by atoms with E-state index in [1.54, 1.807) is 7.05 Å². The Hall–Kier alpha value is -0.570. The van der Waals surface area contributed by atoms with Crippen LogP contribution in [0.2, 0.25) is 0 Å². The van der Waals surface area contributed by atoms with Gasteiger partial charge < -0.3 is 4.90 Å². The third-order valence-corrected chi connectivity index (χ3v) is 1.47. The Morgan fingerprint density at radius 3 is 2.89 bits per heavy atom. The molecule has 1 heterocycles. The molecule has 0 aromatic carbocycles. The Labute approximate surface area is 58.3 Å². The van der Waals surface area contributed by atoms with Crippen LogP contribution in [0.1, 0.15) is 6.42 Å². The SMILES string of the molecule is CN1CCC(Cl)=NC1=O. The molecule has 0 atom stereocenters. The molecule has 4 heteroatoms. The molecule has 0 N–H and O–H groups in total. The lowest BCUT2D eigenvalue weighted by Gasteiger charge is -2.17. The Bertz CT molecular complexity index is 166. The van der Waals surface area contributed by atoms with Crippen LogP contribution in [0.5, 0.6) is 0 Å². The van der Waals surface area contributed by atoms with Crippen LogP contribution < -0.4 is 0 Å². The first-order valence-corrected chi connectivity index (χ1v) is 3.06. The molecule has 0 fully saturated rings. The highest BCUT2D eigenvalue weighted by molar-refractivity contribution is 6.66. The van der Waals surface area contributed by atoms with Crippen molar-refractivity contribution in [1.82, 2.24) is 4.90 Å². The summed E-state index contributed by atoms with van der Waals surface area (Å²) in [5, 5.41) is 0.415. The zero-order valence-corrected chi connectivity index (χ0v) is 5.85. The van der Waals surface area contributed by atoms with Gasteiger partial charge in [0.05, 0.1) is 0 Å². The van der Waals surface area contributed by atoms with E-state index in [1.807, 2.05) is 0 Å². The number of hydrogen-bond donors (Lipinski definition) is 0. The minimum absolute atomic E-state index is 0.244. The number of carbonyl (C=O) groups excluding carboxylic acids is 1. The first kappa shape index (κ1) is 6.55. The van der Waals surface area contributed by atoms with Crippen LogP contribution in [0.3, 0.4) is 0 Å². The summed E-state index contributed by atoms with van der Waals surface area (Å²) in [5.41, 5.74) is 0. The van der Waals surface area contributed by atoms with Crippen molar-refractivity contribution in [2.24, 2.45) is 4.99 Å². The molecule has 1 aliphatic rings. The molecule has 1 aliphatic heterocycles. The topological polar surface area (TPSA) is 32.7 Å². The average molecular weight is 147 g/mol. The van der Waals surface area contributed by atoms with E-state index in [0.29, 0.717) is 18.1 Å². The lowest BCUT2D eigenvalue weighted by atomic mass is 10.4. The van der Waals surface area contributed by atoms with Gasteiger partial charge in [-0.1, -0.05) is 11.6 Å². The van der Waals surface area contributed by atoms with Crippen LogP contribution >= 0.6 is 11.6 Å². The Balaban J connectivity index is 2.70. The standard InChI is InChI=1S/C5H7ClN2O/c1-8-3-2-4(6)7-5(8)9/h2-3H2,1H3. The summed E-state index contributed by atoms with van der Waals surface area (Å²) in [6.07, 6.45) is 0.684. The van der Waals surface area contributed by atoms with Crippen molar-refractivity contribution < 1.29 is 4.79 Å². The van der Waals surface area contributed by atoms with Gasteiger partial charge in [0.1, 0.15) is 5.17 Å². The lowest BCUT2D eigenvalue weighted by molar-refractivity contribution is 0.218. The van der Waals surface area contributed by atoms with Crippen LogP contribution in [0, 0.1) is 0 Å². The molecule has 1 rings (SSSR count). The van der Waals surface area contributed by atoms with E-state index < -0.39 is 0 Å². The quantitative estimate of drug-likeness (QED) is 0.503. The van der Waals surface area contributed by atoms with Gasteiger partial charge in [-0.2, -0.15) is 4.99 Å². The Kier molecular flexibility index (Phi) is 1.71. The Morgan fingerprint density at radius 1 is 1.78 bits per heavy atom. The number of urea groups is 1. The smallest absolute Gasteiger partial charge is 0.326 e. The van der Waals surface area contributed by atoms with Gasteiger partial charge in [-0.05, 0) is 0 Å². The molecule has 0 unspecified atom stereocenters. The van der Waals surface area contributed by atoms with Gasteiger partial charge in [-0.25, -0.2) is 4.79 Å². The monoisotopic (exact) mass is 146 g/mol. The summed E-state index contributed by atoms with van der Waals surface area (Å²) >= 11 is 5.48. The van der Waals surface area contributed by atoms with Gasteiger partial charge in [-0.15, -0.1) is 0 Å². The highest BCUT2D eigenvalue weighted by atomic mass is 35.5. The molecule has 0 saturated carbocycles. The number of nitrogens with zero attached hydrogens (tertiary/aromatic N) is 2. The normalized spacial score (nSPS) is 20.0. The zero-order chi connectivity index (χ0) is 6.85. The minimum atomic E-state index is -0.244. The van der Waals surface area contributed by atoms with Crippen LogP contribution in [0.4, 0.5) is 4.79 Å². The number of amides is 2. The fraction of sp³-hybridized carbons (Fsp3) is 0.600. The number of carbonyl (C=O) groups is 1. The number of aliphatic imine (C=N–C) groups is 1. The van der Waals surface area contributed by atoms with E-state index in [4.69, 9.17) is 11.6 Å². The van der Waals surface area contributed by atoms with E-state index in [0.717, 1.165) is 0 Å². The Morgan fingerprint density at radius 2 is 2.44 bits per heavy atom. The molecule has 9 heavy (non-hydrogen) atoms. The second-order valence-electron chi connectivity index (χ2n) is 1.94. The summed E-state index contributed by atoms with van der Waals surface area (Å²) in [4.78, 5) is 15.7. The summed E-state index contributed by atoms with van der Waals surface area (Å²) in [5.74, 6) is 0. The van der Waals surface area contributed by atoms with Crippen molar-refractivity contribution in [1.29, 1.82) is 0 Å². The van der Waals surface area contributed by atoms with Crippen LogP contribution in [0.15, 0.2) is 4.99 Å². The maximum Gasteiger partial charge on any atom is 0.344 e. The summed E-state index contributed by atoms with van der Waals surface area (Å²) in [6, 6.07) is -0.244. The van der Waals surface area contributed by atoms with Gasteiger partial charge in [-0.3, -0.25) is 0 Å². The molecule has 0 bridgehead atoms. The second kappa shape index (κ2) is 2.35. The highest BCUT2D eigenvalue weighted by Crippen LogP contribution is 2.04. The molecule has 3 nitrogen and oxygen atoms in total. The van der Waals surface area contributed by atoms with Crippen LogP contribution in [-0.2, 0) is 0 Å². The maximum absolute atomic E-state index is 10.7. The van der Waals surface area contributed by atoms with Crippen molar-refractivity contribution in [3.05, 3.63) is 0 Å². The zero-order valence-electron chi connectivity index (χ0n) is 5.09. The molecule has 0 spiro atoms. The largest absolute Gasteiger partial charge is 0.344 e. The van der Waals surface area contributed by atoms with E-state index in [9.17, 15) is 4.79 Å². The third kappa shape index (κ3) is 1.42. The third-order valence-electron chi connectivity index (χ3n) is 1.20. The average Bonchev–Trinajstić information content (AvgIpc) is 1.80. The van der Waals surface area contributed by atoms with Crippen molar-refractivity contribution >= 4 is 22.8 Å². The fourth-order valence-corrected chi connectivity index (χ4v) is 0.757. The first-order chi connectivity index (χ1) is 4.20. The van der Waals surface area contributed by atoms with Crippen molar-refractivity contribution in [2.75, 3.05) is 13.6 Å². The highest BCUT2D eigenvalue weighted by Gasteiger charge is 2.13. The van der Waals surface area contributed by atoms with Gasteiger partial charge in [0.25, 0.3) is 0 Å². The molecule has 0 radical (unpaired) electrons. The molecular weight excluding hydrogens is 140 g/mol. The van der Waals surface area contributed by atoms with Gasteiger partial charge in [0.15, 0.2) is 0 Å². The van der Waals surface area contributed by atoms with Crippen LogP contribution in [0.25, 0.3) is 0 Å². The number of hydrogen-bond acceptors (Lipinski definition) is 1. The first-order valence-electron chi connectivity index (χ1n) is 2.68. The fourth-order valence-electron chi connectivity index (χ4n) is 0.601. The molecule has 0 saturated heterocycles. The molecule has 0 aliphatic carbocycles. The number of rotatable bonds is 0. The second-order valence-corrected chi connectivity index (χ2v) is 2.38. The number of halogens is 1. The predicted molar refractivity (Wildman–Crippen MR) is 35.9 cm³/mol. The molecule has 0 aromatic rings. The van der Waals surface area contributed by atoms with Gasteiger partial charge in [0, 0.05) is 20.0 Å². The van der Waals surface area contributed by atoms with Gasteiger partial charge in [0.2, 0.25) is 0 Å². The van der Waals surface area contributed by atoms with Crippen molar-refractivity contribution in [3.8, 4) is 0 Å². The summed E-state index contributed by atoms with van der Waals surface area (Å²) in [6.45, 7) is 0.682. The van der Waals surface area contributed by atoms with Gasteiger partial charge >= 0.3 is 6.03 Å². The molecule has 2 amide bonds. The predicted octanol–water partition coefficient (Wildman–Crippen LogP) is 1.08. The molecular formula is C5H7ClN2O. The minimum Gasteiger partial charge on any atom is -0.326 e. The van der Waals surface area contributed by atoms with Crippen molar-refractivity contribution in [2.45, 2.75) is 6.42 Å².